The third-order valence-corrected chi connectivity index (χ3v) is 6.52. The van der Waals surface area contributed by atoms with Crippen LogP contribution < -0.4 is 10.1 Å². The van der Waals surface area contributed by atoms with E-state index in [0.29, 0.717) is 25.4 Å². The fourth-order valence-corrected chi connectivity index (χ4v) is 4.89. The topological polar surface area (TPSA) is 84.9 Å². The van der Waals surface area contributed by atoms with Crippen molar-refractivity contribution < 1.29 is 22.7 Å². The Labute approximate surface area is 165 Å². The Morgan fingerprint density at radius 1 is 1.11 bits per heavy atom. The Bertz CT molecular complexity index is 953. The van der Waals surface area contributed by atoms with Gasteiger partial charge in [-0.15, -0.1) is 0 Å². The highest BCUT2D eigenvalue weighted by atomic mass is 32.2. The molecule has 0 saturated carbocycles. The number of nitrogens with zero attached hydrogens (tertiary/aromatic N) is 1. The van der Waals surface area contributed by atoms with Crippen LogP contribution in [0, 0.1) is 0 Å². The minimum Gasteiger partial charge on any atom is -0.495 e. The summed E-state index contributed by atoms with van der Waals surface area (Å²) < 4.78 is 37.7. The van der Waals surface area contributed by atoms with Gasteiger partial charge >= 0.3 is 0 Å². The summed E-state index contributed by atoms with van der Waals surface area (Å²) >= 11 is 0. The van der Waals surface area contributed by atoms with E-state index < -0.39 is 15.9 Å². The number of anilines is 1. The van der Waals surface area contributed by atoms with Gasteiger partial charge in [-0.3, -0.25) is 4.79 Å². The second-order valence-electron chi connectivity index (χ2n) is 6.56. The Hall–Kier alpha value is -2.42. The fraction of sp³-hybridized carbons (Fsp3) is 0.350. The standard InChI is InChI=1S/C20H24N2O5S/c1-26-14-15-6-5-7-17(12-15)21-20(23)16-8-9-18(27-2)19(13-16)28(24,25)22-10-3-4-11-22/h5-9,12-13H,3-4,10-11,14H2,1-2H3,(H,21,23). The number of ether oxygens (including phenoxy) is 2. The van der Waals surface area contributed by atoms with Gasteiger partial charge < -0.3 is 14.8 Å². The molecule has 1 amide bonds. The molecule has 0 radical (unpaired) electrons. The lowest BCUT2D eigenvalue weighted by molar-refractivity contribution is 0.102. The van der Waals surface area contributed by atoms with Crippen molar-refractivity contribution in [2.45, 2.75) is 24.3 Å². The van der Waals surface area contributed by atoms with Crippen molar-refractivity contribution in [2.75, 3.05) is 32.6 Å². The van der Waals surface area contributed by atoms with E-state index >= 15 is 0 Å². The van der Waals surface area contributed by atoms with Gasteiger partial charge in [0.05, 0.1) is 13.7 Å². The van der Waals surface area contributed by atoms with Gasteiger partial charge in [-0.2, -0.15) is 4.31 Å². The third kappa shape index (κ3) is 4.35. The highest BCUT2D eigenvalue weighted by molar-refractivity contribution is 7.89. The van der Waals surface area contributed by atoms with E-state index in [4.69, 9.17) is 9.47 Å². The van der Waals surface area contributed by atoms with Gasteiger partial charge in [0.25, 0.3) is 5.91 Å². The van der Waals surface area contributed by atoms with Crippen LogP contribution in [0.1, 0.15) is 28.8 Å². The molecule has 0 aromatic heterocycles. The summed E-state index contributed by atoms with van der Waals surface area (Å²) in [7, 11) is -0.694. The quantitative estimate of drug-likeness (QED) is 0.767. The van der Waals surface area contributed by atoms with Crippen molar-refractivity contribution >= 4 is 21.6 Å². The van der Waals surface area contributed by atoms with Crippen LogP contribution in [-0.4, -0.2) is 45.9 Å². The zero-order valence-corrected chi connectivity index (χ0v) is 16.8. The molecule has 1 N–H and O–H groups in total. The van der Waals surface area contributed by atoms with Gasteiger partial charge in [-0.25, -0.2) is 8.42 Å². The van der Waals surface area contributed by atoms with Gasteiger partial charge in [0.15, 0.2) is 0 Å². The Morgan fingerprint density at radius 3 is 2.54 bits per heavy atom. The predicted molar refractivity (Wildman–Crippen MR) is 106 cm³/mol. The molecule has 150 valence electrons. The maximum atomic E-state index is 13.0. The molecule has 0 atom stereocenters. The second-order valence-corrected chi connectivity index (χ2v) is 8.47. The van der Waals surface area contributed by atoms with Crippen LogP contribution in [0.3, 0.4) is 0 Å². The smallest absolute Gasteiger partial charge is 0.255 e. The van der Waals surface area contributed by atoms with Crippen LogP contribution in [0.2, 0.25) is 0 Å². The van der Waals surface area contributed by atoms with E-state index in [9.17, 15) is 13.2 Å². The van der Waals surface area contributed by atoms with Crippen molar-refractivity contribution in [3.63, 3.8) is 0 Å². The van der Waals surface area contributed by atoms with Crippen LogP contribution in [-0.2, 0) is 21.4 Å². The lowest BCUT2D eigenvalue weighted by atomic mass is 10.1. The predicted octanol–water partition coefficient (Wildman–Crippen LogP) is 2.88. The van der Waals surface area contributed by atoms with Crippen LogP contribution in [0.25, 0.3) is 0 Å². The van der Waals surface area contributed by atoms with Gasteiger partial charge in [0.1, 0.15) is 10.6 Å². The molecule has 7 nitrogen and oxygen atoms in total. The van der Waals surface area contributed by atoms with Crippen molar-refractivity contribution in [1.29, 1.82) is 0 Å². The number of sulfonamides is 1. The zero-order valence-electron chi connectivity index (χ0n) is 16.0. The summed E-state index contributed by atoms with van der Waals surface area (Å²) in [6.07, 6.45) is 1.67. The number of carbonyl (C=O) groups excluding carboxylic acids is 1. The van der Waals surface area contributed by atoms with Crippen LogP contribution >= 0.6 is 0 Å². The molecular weight excluding hydrogens is 380 g/mol. The molecule has 1 heterocycles. The highest BCUT2D eigenvalue weighted by Crippen LogP contribution is 2.30. The van der Waals surface area contributed by atoms with E-state index in [0.717, 1.165) is 18.4 Å². The molecule has 1 aliphatic rings. The molecule has 28 heavy (non-hydrogen) atoms. The monoisotopic (exact) mass is 404 g/mol. The average molecular weight is 404 g/mol. The second kappa shape index (κ2) is 8.72. The number of hydrogen-bond donors (Lipinski definition) is 1. The van der Waals surface area contributed by atoms with Crippen molar-refractivity contribution in [3.8, 4) is 5.75 Å². The molecule has 8 heteroatoms. The average Bonchev–Trinajstić information content (AvgIpc) is 3.24. The van der Waals surface area contributed by atoms with E-state index in [1.54, 1.807) is 19.2 Å². The Morgan fingerprint density at radius 2 is 1.86 bits per heavy atom. The molecule has 0 spiro atoms. The number of benzene rings is 2. The summed E-state index contributed by atoms with van der Waals surface area (Å²) in [4.78, 5) is 12.7. The highest BCUT2D eigenvalue weighted by Gasteiger charge is 2.30. The number of amides is 1. The molecule has 1 fully saturated rings. The minimum absolute atomic E-state index is 0.0117. The molecule has 0 aliphatic carbocycles. The number of hydrogen-bond acceptors (Lipinski definition) is 5. The first-order valence-corrected chi connectivity index (χ1v) is 10.5. The van der Waals surface area contributed by atoms with Crippen molar-refractivity contribution in [3.05, 3.63) is 53.6 Å². The molecular formula is C20H24N2O5S. The Kier molecular flexibility index (Phi) is 6.33. The van der Waals surface area contributed by atoms with Gasteiger partial charge in [0, 0.05) is 31.5 Å². The summed E-state index contributed by atoms with van der Waals surface area (Å²) in [5.41, 5.74) is 1.78. The summed E-state index contributed by atoms with van der Waals surface area (Å²) in [5.74, 6) is -0.166. The lowest BCUT2D eigenvalue weighted by Gasteiger charge is -2.18. The number of methoxy groups -OCH3 is 2. The van der Waals surface area contributed by atoms with E-state index in [-0.39, 0.29) is 16.2 Å². The summed E-state index contributed by atoms with van der Waals surface area (Å²) in [6.45, 7) is 1.40. The molecule has 1 aliphatic heterocycles. The van der Waals surface area contributed by atoms with E-state index in [2.05, 4.69) is 5.32 Å². The number of carbonyl (C=O) groups is 1. The number of nitrogens with one attached hydrogen (secondary N) is 1. The fourth-order valence-electron chi connectivity index (χ4n) is 3.20. The SMILES string of the molecule is COCc1cccc(NC(=O)c2ccc(OC)c(S(=O)(=O)N3CCCC3)c2)c1. The summed E-state index contributed by atoms with van der Waals surface area (Å²) in [5, 5.41) is 2.80. The summed E-state index contributed by atoms with van der Waals surface area (Å²) in [6, 6.07) is 11.7. The Balaban J connectivity index is 1.88. The molecule has 0 bridgehead atoms. The van der Waals surface area contributed by atoms with Gasteiger partial charge in [0.2, 0.25) is 10.0 Å². The van der Waals surface area contributed by atoms with Gasteiger partial charge in [-0.05, 0) is 48.7 Å². The van der Waals surface area contributed by atoms with Crippen LogP contribution in [0.15, 0.2) is 47.4 Å². The maximum absolute atomic E-state index is 13.0. The molecule has 1 saturated heterocycles. The van der Waals surface area contributed by atoms with Crippen LogP contribution in [0.4, 0.5) is 5.69 Å². The maximum Gasteiger partial charge on any atom is 0.255 e. The number of rotatable bonds is 7. The first-order chi connectivity index (χ1) is 13.5. The molecule has 3 rings (SSSR count). The first kappa shape index (κ1) is 20.3. The molecule has 2 aromatic carbocycles. The zero-order chi connectivity index (χ0) is 20.1. The van der Waals surface area contributed by atoms with E-state index in [1.165, 1.54) is 23.5 Å². The molecule has 0 unspecified atom stereocenters. The van der Waals surface area contributed by atoms with Crippen LogP contribution in [0.5, 0.6) is 5.75 Å². The largest absolute Gasteiger partial charge is 0.495 e. The lowest BCUT2D eigenvalue weighted by Crippen LogP contribution is -2.28. The molecule has 2 aromatic rings. The minimum atomic E-state index is -3.71. The van der Waals surface area contributed by atoms with E-state index in [1.807, 2.05) is 18.2 Å². The first-order valence-electron chi connectivity index (χ1n) is 9.03. The van der Waals surface area contributed by atoms with Gasteiger partial charge in [-0.1, -0.05) is 12.1 Å². The van der Waals surface area contributed by atoms with Crippen molar-refractivity contribution in [1.82, 2.24) is 4.31 Å². The normalized spacial score (nSPS) is 14.8. The van der Waals surface area contributed by atoms with Crippen molar-refractivity contribution in [2.24, 2.45) is 0 Å². The third-order valence-electron chi connectivity index (χ3n) is 4.60.